The first-order valence-corrected chi connectivity index (χ1v) is 8.89. The molecule has 0 aromatic heterocycles. The number of methoxy groups -OCH3 is 1. The van der Waals surface area contributed by atoms with Crippen LogP contribution in [-0.4, -0.2) is 31.0 Å². The molecule has 1 aromatic rings. The summed E-state index contributed by atoms with van der Waals surface area (Å²) in [6, 6.07) is 6.92. The molecular formula is C20H30N2O3. The Kier molecular flexibility index (Phi) is 9.37. The second-order valence-electron chi connectivity index (χ2n) is 6.24. The second kappa shape index (κ2) is 11.3. The van der Waals surface area contributed by atoms with Crippen molar-refractivity contribution in [2.45, 2.75) is 58.5 Å². The van der Waals surface area contributed by atoms with E-state index in [1.807, 2.05) is 31.2 Å². The molecule has 1 rings (SSSR count). The molecule has 2 atom stereocenters. The van der Waals surface area contributed by atoms with E-state index < -0.39 is 6.04 Å². The predicted octanol–water partition coefficient (Wildman–Crippen LogP) is 3.30. The maximum atomic E-state index is 12.1. The van der Waals surface area contributed by atoms with Crippen LogP contribution >= 0.6 is 0 Å². The first-order valence-electron chi connectivity index (χ1n) is 8.89. The molecule has 0 radical (unpaired) electrons. The predicted molar refractivity (Wildman–Crippen MR) is 101 cm³/mol. The van der Waals surface area contributed by atoms with Gasteiger partial charge in [0.25, 0.3) is 0 Å². The normalized spacial score (nSPS) is 13.3. The number of carbonyl (C=O) groups is 2. The molecule has 1 aromatic carbocycles. The zero-order chi connectivity index (χ0) is 18.7. The van der Waals surface area contributed by atoms with Crippen LogP contribution in [0.5, 0.6) is 5.75 Å². The number of benzene rings is 1. The van der Waals surface area contributed by atoms with Gasteiger partial charge in [0.1, 0.15) is 11.8 Å². The maximum Gasteiger partial charge on any atom is 0.244 e. The Bertz CT molecular complexity index is 567. The zero-order valence-corrected chi connectivity index (χ0v) is 15.7. The fourth-order valence-corrected chi connectivity index (χ4v) is 2.35. The minimum atomic E-state index is -0.568. The number of rotatable bonds is 10. The van der Waals surface area contributed by atoms with Crippen LogP contribution in [0.4, 0.5) is 0 Å². The van der Waals surface area contributed by atoms with Crippen LogP contribution in [0.1, 0.15) is 52.0 Å². The highest BCUT2D eigenvalue weighted by atomic mass is 16.5. The number of ether oxygens (including phenoxy) is 1. The Balaban J connectivity index is 2.41. The van der Waals surface area contributed by atoms with E-state index in [4.69, 9.17) is 4.74 Å². The fourth-order valence-electron chi connectivity index (χ4n) is 2.35. The van der Waals surface area contributed by atoms with E-state index in [1.54, 1.807) is 20.1 Å². The third-order valence-electron chi connectivity index (χ3n) is 3.92. The molecule has 0 saturated heterocycles. The molecule has 0 bridgehead atoms. The Labute approximate surface area is 150 Å². The van der Waals surface area contributed by atoms with Crippen molar-refractivity contribution in [2.75, 3.05) is 7.11 Å². The van der Waals surface area contributed by atoms with E-state index in [0.29, 0.717) is 0 Å². The molecule has 0 fully saturated rings. The zero-order valence-electron chi connectivity index (χ0n) is 15.7. The van der Waals surface area contributed by atoms with Gasteiger partial charge in [-0.25, -0.2) is 0 Å². The Morgan fingerprint density at radius 1 is 1.12 bits per heavy atom. The summed E-state index contributed by atoms with van der Waals surface area (Å²) < 4.78 is 5.09. The Morgan fingerprint density at radius 3 is 2.40 bits per heavy atom. The second-order valence-corrected chi connectivity index (χ2v) is 6.24. The summed E-state index contributed by atoms with van der Waals surface area (Å²) in [5, 5.41) is 5.62. The van der Waals surface area contributed by atoms with Crippen LogP contribution in [-0.2, 0) is 9.59 Å². The van der Waals surface area contributed by atoms with Gasteiger partial charge in [-0.05, 0) is 44.0 Å². The monoisotopic (exact) mass is 346 g/mol. The lowest BCUT2D eigenvalue weighted by Crippen LogP contribution is -2.47. The highest BCUT2D eigenvalue weighted by Crippen LogP contribution is 2.12. The van der Waals surface area contributed by atoms with Gasteiger partial charge in [-0.3, -0.25) is 9.59 Å². The van der Waals surface area contributed by atoms with Crippen LogP contribution in [0, 0.1) is 0 Å². The summed E-state index contributed by atoms with van der Waals surface area (Å²) in [5.41, 5.74) is 0.887. The van der Waals surface area contributed by atoms with Crippen molar-refractivity contribution in [3.63, 3.8) is 0 Å². The first-order chi connectivity index (χ1) is 12.0. The molecule has 0 spiro atoms. The summed E-state index contributed by atoms with van der Waals surface area (Å²) >= 11 is 0. The van der Waals surface area contributed by atoms with E-state index in [-0.39, 0.29) is 17.9 Å². The molecule has 0 saturated carbocycles. The molecule has 2 N–H and O–H groups in total. The highest BCUT2D eigenvalue weighted by molar-refractivity contribution is 5.95. The molecule has 0 heterocycles. The van der Waals surface area contributed by atoms with E-state index >= 15 is 0 Å². The number of hydrogen-bond acceptors (Lipinski definition) is 3. The fraction of sp³-hybridized carbons (Fsp3) is 0.500. The number of nitrogens with one attached hydrogen (secondary N) is 2. The average Bonchev–Trinajstić information content (AvgIpc) is 2.60. The molecule has 0 aliphatic carbocycles. The van der Waals surface area contributed by atoms with Crippen LogP contribution in [0.3, 0.4) is 0 Å². The molecule has 0 aliphatic rings. The van der Waals surface area contributed by atoms with Gasteiger partial charge in [0.2, 0.25) is 11.8 Å². The van der Waals surface area contributed by atoms with Gasteiger partial charge in [-0.1, -0.05) is 38.3 Å². The molecule has 2 unspecified atom stereocenters. The van der Waals surface area contributed by atoms with Gasteiger partial charge in [0, 0.05) is 12.1 Å². The minimum absolute atomic E-state index is 0.119. The van der Waals surface area contributed by atoms with Crippen molar-refractivity contribution in [3.8, 4) is 5.75 Å². The lowest BCUT2D eigenvalue weighted by atomic mass is 10.1. The number of amides is 2. The molecule has 5 nitrogen and oxygen atoms in total. The van der Waals surface area contributed by atoms with Crippen molar-refractivity contribution in [1.82, 2.24) is 10.6 Å². The largest absolute Gasteiger partial charge is 0.497 e. The van der Waals surface area contributed by atoms with E-state index in [1.165, 1.54) is 12.5 Å². The molecule has 2 amide bonds. The van der Waals surface area contributed by atoms with Crippen molar-refractivity contribution >= 4 is 17.9 Å². The van der Waals surface area contributed by atoms with E-state index in [2.05, 4.69) is 17.6 Å². The standard InChI is InChI=1S/C20H30N2O3/c1-5-6-7-8-15(2)21-20(24)16(3)22-19(23)14-11-17-9-12-18(25-4)13-10-17/h9-16H,5-8H2,1-4H3,(H,21,24)(H,22,23)/b14-11+. The van der Waals surface area contributed by atoms with E-state index in [9.17, 15) is 9.59 Å². The maximum absolute atomic E-state index is 12.1. The van der Waals surface area contributed by atoms with Crippen molar-refractivity contribution in [3.05, 3.63) is 35.9 Å². The van der Waals surface area contributed by atoms with Crippen LogP contribution in [0.25, 0.3) is 6.08 Å². The van der Waals surface area contributed by atoms with Crippen LogP contribution < -0.4 is 15.4 Å². The third kappa shape index (κ3) is 8.38. The number of carbonyl (C=O) groups excluding carboxylic acids is 2. The van der Waals surface area contributed by atoms with Crippen molar-refractivity contribution in [2.24, 2.45) is 0 Å². The average molecular weight is 346 g/mol. The van der Waals surface area contributed by atoms with Gasteiger partial charge in [-0.15, -0.1) is 0 Å². The van der Waals surface area contributed by atoms with Crippen LogP contribution in [0.2, 0.25) is 0 Å². The third-order valence-corrected chi connectivity index (χ3v) is 3.92. The smallest absolute Gasteiger partial charge is 0.244 e. The Hall–Kier alpha value is -2.30. The van der Waals surface area contributed by atoms with Gasteiger partial charge in [0.15, 0.2) is 0 Å². The molecular weight excluding hydrogens is 316 g/mol. The SMILES string of the molecule is CCCCCC(C)NC(=O)C(C)NC(=O)/C=C/c1ccc(OC)cc1. The lowest BCUT2D eigenvalue weighted by Gasteiger charge is -2.18. The van der Waals surface area contributed by atoms with Gasteiger partial charge in [0.05, 0.1) is 7.11 Å². The summed E-state index contributed by atoms with van der Waals surface area (Å²) in [6.45, 7) is 5.83. The lowest BCUT2D eigenvalue weighted by molar-refractivity contribution is -0.127. The van der Waals surface area contributed by atoms with Crippen molar-refractivity contribution in [1.29, 1.82) is 0 Å². The molecule has 0 aliphatic heterocycles. The molecule has 5 heteroatoms. The van der Waals surface area contributed by atoms with E-state index in [0.717, 1.165) is 30.6 Å². The molecule has 25 heavy (non-hydrogen) atoms. The summed E-state index contributed by atoms with van der Waals surface area (Å²) in [7, 11) is 1.61. The summed E-state index contributed by atoms with van der Waals surface area (Å²) in [4.78, 5) is 24.1. The van der Waals surface area contributed by atoms with Gasteiger partial charge >= 0.3 is 0 Å². The van der Waals surface area contributed by atoms with Gasteiger partial charge < -0.3 is 15.4 Å². The number of unbranched alkanes of at least 4 members (excludes halogenated alkanes) is 2. The quantitative estimate of drug-likeness (QED) is 0.504. The minimum Gasteiger partial charge on any atom is -0.497 e. The first kappa shape index (κ1) is 20.7. The van der Waals surface area contributed by atoms with Crippen LogP contribution in [0.15, 0.2) is 30.3 Å². The van der Waals surface area contributed by atoms with Gasteiger partial charge in [-0.2, -0.15) is 0 Å². The summed E-state index contributed by atoms with van der Waals surface area (Å²) in [6.07, 6.45) is 7.51. The van der Waals surface area contributed by atoms with Crippen molar-refractivity contribution < 1.29 is 14.3 Å². The Morgan fingerprint density at radius 2 is 1.80 bits per heavy atom. The number of hydrogen-bond donors (Lipinski definition) is 2. The highest BCUT2D eigenvalue weighted by Gasteiger charge is 2.16. The topological polar surface area (TPSA) is 67.4 Å². The molecule has 138 valence electrons. The summed E-state index contributed by atoms with van der Waals surface area (Å²) in [5.74, 6) is 0.312.